The lowest BCUT2D eigenvalue weighted by molar-refractivity contribution is 0.428. The molecule has 0 heteroatoms. The first kappa shape index (κ1) is 13.1. The van der Waals surface area contributed by atoms with Gasteiger partial charge in [0.1, 0.15) is 0 Å². The number of unbranched alkanes of at least 4 members (excludes halogenated alkanes) is 1. The SMILES string of the molecule is CCCCC(CC(C)C)C1=CC=C=CC=C1. The molecule has 0 N–H and O–H groups in total. The van der Waals surface area contributed by atoms with E-state index in [4.69, 9.17) is 0 Å². The monoisotopic (exact) mass is 216 g/mol. The third-order valence-corrected chi connectivity index (χ3v) is 2.99. The van der Waals surface area contributed by atoms with Crippen LogP contribution in [0, 0.1) is 11.8 Å². The Bertz CT molecular complexity index is 309. The zero-order chi connectivity index (χ0) is 11.8. The van der Waals surface area contributed by atoms with Gasteiger partial charge >= 0.3 is 0 Å². The molecule has 1 rings (SSSR count). The lowest BCUT2D eigenvalue weighted by Crippen LogP contribution is -2.07. The van der Waals surface area contributed by atoms with Gasteiger partial charge in [0, 0.05) is 0 Å². The number of rotatable bonds is 6. The summed E-state index contributed by atoms with van der Waals surface area (Å²) in [5.74, 6) is 1.50. The minimum absolute atomic E-state index is 0.723. The quantitative estimate of drug-likeness (QED) is 0.545. The van der Waals surface area contributed by atoms with Crippen LogP contribution in [-0.2, 0) is 0 Å². The van der Waals surface area contributed by atoms with Crippen LogP contribution in [0.4, 0.5) is 0 Å². The zero-order valence-corrected chi connectivity index (χ0v) is 10.9. The first-order chi connectivity index (χ1) is 7.74. The van der Waals surface area contributed by atoms with Crippen LogP contribution < -0.4 is 0 Å². The summed E-state index contributed by atoms with van der Waals surface area (Å²) in [6.45, 7) is 6.90. The Morgan fingerprint density at radius 3 is 2.75 bits per heavy atom. The van der Waals surface area contributed by atoms with E-state index in [0.29, 0.717) is 0 Å². The van der Waals surface area contributed by atoms with Gasteiger partial charge < -0.3 is 0 Å². The maximum Gasteiger partial charge on any atom is -0.0159 e. The molecule has 0 heterocycles. The zero-order valence-electron chi connectivity index (χ0n) is 10.9. The Kier molecular flexibility index (Phi) is 5.96. The van der Waals surface area contributed by atoms with Gasteiger partial charge in [0.05, 0.1) is 0 Å². The standard InChI is InChI=1S/C16H24/c1-4-5-10-16(13-14(2)3)15-11-8-6-7-9-12-15/h6,8-9,11-12,14,16H,4-5,10,13H2,1-3H3. The second kappa shape index (κ2) is 7.30. The van der Waals surface area contributed by atoms with E-state index >= 15 is 0 Å². The van der Waals surface area contributed by atoms with Crippen LogP contribution in [0.5, 0.6) is 0 Å². The lowest BCUT2D eigenvalue weighted by Gasteiger charge is -2.20. The largest absolute Gasteiger partial charge is 0.121 e. The fourth-order valence-corrected chi connectivity index (χ4v) is 2.18. The molecule has 0 nitrogen and oxygen atoms in total. The topological polar surface area (TPSA) is 0 Å². The second-order valence-corrected chi connectivity index (χ2v) is 4.99. The van der Waals surface area contributed by atoms with Crippen LogP contribution >= 0.6 is 0 Å². The van der Waals surface area contributed by atoms with Crippen LogP contribution in [0.3, 0.4) is 0 Å². The lowest BCUT2D eigenvalue weighted by atomic mass is 9.85. The molecule has 0 spiro atoms. The molecule has 0 radical (unpaired) electrons. The van der Waals surface area contributed by atoms with E-state index in [1.54, 1.807) is 0 Å². The van der Waals surface area contributed by atoms with Gasteiger partial charge in [0.25, 0.3) is 0 Å². The van der Waals surface area contributed by atoms with Gasteiger partial charge in [-0.2, -0.15) is 0 Å². The van der Waals surface area contributed by atoms with Crippen LogP contribution in [-0.4, -0.2) is 0 Å². The van der Waals surface area contributed by atoms with E-state index in [2.05, 4.69) is 44.7 Å². The predicted octanol–water partition coefficient (Wildman–Crippen LogP) is 5.05. The van der Waals surface area contributed by atoms with Crippen LogP contribution in [0.1, 0.15) is 46.5 Å². The van der Waals surface area contributed by atoms with E-state index in [1.807, 2.05) is 12.2 Å². The van der Waals surface area contributed by atoms with E-state index in [-0.39, 0.29) is 0 Å². The smallest absolute Gasteiger partial charge is 0.0159 e. The van der Waals surface area contributed by atoms with Crippen molar-refractivity contribution in [3.63, 3.8) is 0 Å². The van der Waals surface area contributed by atoms with Crippen LogP contribution in [0.15, 0.2) is 41.7 Å². The maximum atomic E-state index is 3.13. The third kappa shape index (κ3) is 4.68. The summed E-state index contributed by atoms with van der Waals surface area (Å²) in [6, 6.07) is 0. The molecule has 0 aromatic rings. The number of hydrogen-bond donors (Lipinski definition) is 0. The summed E-state index contributed by atoms with van der Waals surface area (Å²) in [7, 11) is 0. The Morgan fingerprint density at radius 2 is 2.06 bits per heavy atom. The molecule has 0 fully saturated rings. The Hall–Kier alpha value is -1.00. The summed E-state index contributed by atoms with van der Waals surface area (Å²) in [5.41, 5.74) is 4.60. The highest BCUT2D eigenvalue weighted by molar-refractivity contribution is 5.31. The molecule has 1 unspecified atom stereocenters. The van der Waals surface area contributed by atoms with Crippen molar-refractivity contribution >= 4 is 0 Å². The molecule has 0 amide bonds. The van der Waals surface area contributed by atoms with Gasteiger partial charge in [-0.05, 0) is 42.4 Å². The third-order valence-electron chi connectivity index (χ3n) is 2.99. The molecule has 1 aliphatic rings. The van der Waals surface area contributed by atoms with Crippen LogP contribution in [0.2, 0.25) is 0 Å². The fourth-order valence-electron chi connectivity index (χ4n) is 2.18. The Morgan fingerprint density at radius 1 is 1.25 bits per heavy atom. The first-order valence-corrected chi connectivity index (χ1v) is 6.53. The first-order valence-electron chi connectivity index (χ1n) is 6.53. The summed E-state index contributed by atoms with van der Waals surface area (Å²) in [6.07, 6.45) is 15.8. The summed E-state index contributed by atoms with van der Waals surface area (Å²) in [4.78, 5) is 0. The van der Waals surface area contributed by atoms with Gasteiger partial charge in [0.15, 0.2) is 0 Å². The van der Waals surface area contributed by atoms with Crippen molar-refractivity contribution < 1.29 is 0 Å². The average molecular weight is 216 g/mol. The van der Waals surface area contributed by atoms with Gasteiger partial charge in [-0.15, -0.1) is 5.73 Å². The van der Waals surface area contributed by atoms with Crippen molar-refractivity contribution in [1.29, 1.82) is 0 Å². The fraction of sp³-hybridized carbons (Fsp3) is 0.562. The van der Waals surface area contributed by atoms with E-state index in [1.165, 1.54) is 31.3 Å². The van der Waals surface area contributed by atoms with Gasteiger partial charge in [0.2, 0.25) is 0 Å². The highest BCUT2D eigenvalue weighted by atomic mass is 14.2. The second-order valence-electron chi connectivity index (χ2n) is 4.99. The molecule has 0 bridgehead atoms. The van der Waals surface area contributed by atoms with Crippen molar-refractivity contribution in [1.82, 2.24) is 0 Å². The molecular formula is C16H24. The molecule has 0 saturated carbocycles. The van der Waals surface area contributed by atoms with Gasteiger partial charge in [-0.25, -0.2) is 0 Å². The number of allylic oxidation sites excluding steroid dienone is 5. The molecular weight excluding hydrogens is 192 g/mol. The van der Waals surface area contributed by atoms with E-state index in [0.717, 1.165) is 11.8 Å². The minimum atomic E-state index is 0.723. The molecule has 1 atom stereocenters. The molecule has 16 heavy (non-hydrogen) atoms. The summed E-state index contributed by atoms with van der Waals surface area (Å²) >= 11 is 0. The predicted molar refractivity (Wildman–Crippen MR) is 72.3 cm³/mol. The van der Waals surface area contributed by atoms with Gasteiger partial charge in [-0.1, -0.05) is 51.8 Å². The maximum absolute atomic E-state index is 3.13. The van der Waals surface area contributed by atoms with Crippen LogP contribution in [0.25, 0.3) is 0 Å². The highest BCUT2D eigenvalue weighted by Crippen LogP contribution is 2.27. The normalized spacial score (nSPS) is 16.4. The minimum Gasteiger partial charge on any atom is -0.121 e. The van der Waals surface area contributed by atoms with Crippen molar-refractivity contribution in [3.05, 3.63) is 41.7 Å². The summed E-state index contributed by atoms with van der Waals surface area (Å²) < 4.78 is 0. The van der Waals surface area contributed by atoms with Crippen molar-refractivity contribution in [2.45, 2.75) is 46.5 Å². The molecule has 88 valence electrons. The van der Waals surface area contributed by atoms with Crippen molar-refractivity contribution in [2.24, 2.45) is 11.8 Å². The molecule has 0 saturated heterocycles. The van der Waals surface area contributed by atoms with Crippen molar-refractivity contribution in [2.75, 3.05) is 0 Å². The Balaban J connectivity index is 2.67. The highest BCUT2D eigenvalue weighted by Gasteiger charge is 2.13. The molecule has 1 aliphatic carbocycles. The molecule has 0 aromatic carbocycles. The van der Waals surface area contributed by atoms with E-state index in [9.17, 15) is 0 Å². The molecule has 0 aliphatic heterocycles. The van der Waals surface area contributed by atoms with E-state index < -0.39 is 0 Å². The Labute approximate surface area is 100 Å². The summed E-state index contributed by atoms with van der Waals surface area (Å²) in [5, 5.41) is 0. The number of hydrogen-bond acceptors (Lipinski definition) is 0. The van der Waals surface area contributed by atoms with Gasteiger partial charge in [-0.3, -0.25) is 0 Å². The average Bonchev–Trinajstić information content (AvgIpc) is 2.52. The van der Waals surface area contributed by atoms with Crippen molar-refractivity contribution in [3.8, 4) is 0 Å². The molecule has 0 aromatic heterocycles.